The van der Waals surface area contributed by atoms with Crippen LogP contribution >= 0.6 is 11.8 Å². The van der Waals surface area contributed by atoms with Crippen molar-refractivity contribution in [3.63, 3.8) is 0 Å². The summed E-state index contributed by atoms with van der Waals surface area (Å²) in [4.78, 5) is 0. The summed E-state index contributed by atoms with van der Waals surface area (Å²) in [5, 5.41) is 4.50. The van der Waals surface area contributed by atoms with Crippen LogP contribution in [0.3, 0.4) is 0 Å². The van der Waals surface area contributed by atoms with Crippen LogP contribution in [0.4, 0.5) is 0 Å². The topological polar surface area (TPSA) is 21.3 Å². The maximum absolute atomic E-state index is 5.65. The minimum atomic E-state index is 0.730. The quantitative estimate of drug-likeness (QED) is 0.695. The number of ether oxygens (including phenoxy) is 1. The number of nitrogens with one attached hydrogen (secondary N) is 1. The maximum atomic E-state index is 5.65. The van der Waals surface area contributed by atoms with E-state index < -0.39 is 0 Å². The molecule has 0 spiro atoms. The number of rotatable bonds is 7. The molecule has 2 atom stereocenters. The van der Waals surface area contributed by atoms with Gasteiger partial charge < -0.3 is 10.1 Å². The Kier molecular flexibility index (Phi) is 5.46. The van der Waals surface area contributed by atoms with Gasteiger partial charge in [0, 0.05) is 24.4 Å². The number of thioether (sulfide) groups is 1. The standard InChI is InChI=1S/C13H25NOS/c1-16-13-5-3-2-4-12(13)14-8-9-15-10-11-6-7-11/h11-14H,2-10H2,1H3. The van der Waals surface area contributed by atoms with E-state index in [0.717, 1.165) is 37.0 Å². The summed E-state index contributed by atoms with van der Waals surface area (Å²) in [6.07, 6.45) is 10.6. The fraction of sp³-hybridized carbons (Fsp3) is 1.00. The summed E-state index contributed by atoms with van der Waals surface area (Å²) in [5.74, 6) is 0.897. The predicted octanol–water partition coefficient (Wildman–Crippen LogP) is 2.68. The van der Waals surface area contributed by atoms with E-state index >= 15 is 0 Å². The molecule has 2 saturated carbocycles. The van der Waals surface area contributed by atoms with Gasteiger partial charge in [-0.05, 0) is 37.9 Å². The molecule has 0 saturated heterocycles. The molecular formula is C13H25NOS. The third-order valence-corrected chi connectivity index (χ3v) is 4.88. The molecule has 0 aromatic carbocycles. The van der Waals surface area contributed by atoms with Crippen LogP contribution in [-0.4, -0.2) is 37.3 Å². The third-order valence-electron chi connectivity index (χ3n) is 3.71. The van der Waals surface area contributed by atoms with Gasteiger partial charge in [0.25, 0.3) is 0 Å². The zero-order valence-corrected chi connectivity index (χ0v) is 11.2. The fourth-order valence-electron chi connectivity index (χ4n) is 2.46. The lowest BCUT2D eigenvalue weighted by Crippen LogP contribution is -2.41. The highest BCUT2D eigenvalue weighted by atomic mass is 32.2. The molecule has 94 valence electrons. The van der Waals surface area contributed by atoms with Crippen LogP contribution in [0, 0.1) is 5.92 Å². The molecule has 0 radical (unpaired) electrons. The summed E-state index contributed by atoms with van der Waals surface area (Å²) < 4.78 is 5.65. The molecule has 0 aliphatic heterocycles. The Bertz CT molecular complexity index is 196. The van der Waals surface area contributed by atoms with E-state index in [-0.39, 0.29) is 0 Å². The van der Waals surface area contributed by atoms with E-state index in [0.29, 0.717) is 0 Å². The summed E-state index contributed by atoms with van der Waals surface area (Å²) in [5.41, 5.74) is 0. The summed E-state index contributed by atoms with van der Waals surface area (Å²) in [7, 11) is 0. The number of hydrogen-bond donors (Lipinski definition) is 1. The molecule has 16 heavy (non-hydrogen) atoms. The maximum Gasteiger partial charge on any atom is 0.0591 e. The summed E-state index contributed by atoms with van der Waals surface area (Å²) in [6.45, 7) is 2.93. The van der Waals surface area contributed by atoms with Crippen molar-refractivity contribution >= 4 is 11.8 Å². The largest absolute Gasteiger partial charge is 0.380 e. The van der Waals surface area contributed by atoms with Crippen molar-refractivity contribution in [3.8, 4) is 0 Å². The van der Waals surface area contributed by atoms with Gasteiger partial charge in [-0.3, -0.25) is 0 Å². The first kappa shape index (κ1) is 12.7. The third kappa shape index (κ3) is 4.27. The average molecular weight is 243 g/mol. The van der Waals surface area contributed by atoms with Crippen molar-refractivity contribution in [1.29, 1.82) is 0 Å². The van der Waals surface area contributed by atoms with Gasteiger partial charge in [-0.2, -0.15) is 11.8 Å². The van der Waals surface area contributed by atoms with Gasteiger partial charge in [0.15, 0.2) is 0 Å². The average Bonchev–Trinajstić information content (AvgIpc) is 3.13. The lowest BCUT2D eigenvalue weighted by molar-refractivity contribution is 0.123. The Morgan fingerprint density at radius 2 is 2.00 bits per heavy atom. The summed E-state index contributed by atoms with van der Waals surface area (Å²) >= 11 is 2.03. The van der Waals surface area contributed by atoms with Gasteiger partial charge in [-0.25, -0.2) is 0 Å². The van der Waals surface area contributed by atoms with E-state index in [9.17, 15) is 0 Å². The minimum absolute atomic E-state index is 0.730. The second-order valence-corrected chi connectivity index (χ2v) is 6.21. The van der Waals surface area contributed by atoms with E-state index in [2.05, 4.69) is 11.6 Å². The summed E-state index contributed by atoms with van der Waals surface area (Å²) in [6, 6.07) is 0.730. The van der Waals surface area contributed by atoms with Crippen molar-refractivity contribution in [2.75, 3.05) is 26.0 Å². The molecule has 0 bridgehead atoms. The molecule has 2 aliphatic carbocycles. The lowest BCUT2D eigenvalue weighted by atomic mass is 9.95. The van der Waals surface area contributed by atoms with Gasteiger partial charge >= 0.3 is 0 Å². The molecule has 1 N–H and O–H groups in total. The SMILES string of the molecule is CSC1CCCCC1NCCOCC1CC1. The Morgan fingerprint density at radius 1 is 1.19 bits per heavy atom. The highest BCUT2D eigenvalue weighted by Gasteiger charge is 2.24. The second kappa shape index (κ2) is 6.87. The first-order chi connectivity index (χ1) is 7.90. The second-order valence-electron chi connectivity index (χ2n) is 5.14. The zero-order valence-electron chi connectivity index (χ0n) is 10.4. The molecule has 2 rings (SSSR count). The van der Waals surface area contributed by atoms with Gasteiger partial charge in [-0.15, -0.1) is 0 Å². The molecule has 2 fully saturated rings. The fourth-order valence-corrected chi connectivity index (χ4v) is 3.43. The van der Waals surface area contributed by atoms with E-state index in [1.807, 2.05) is 11.8 Å². The van der Waals surface area contributed by atoms with Gasteiger partial charge in [0.2, 0.25) is 0 Å². The highest BCUT2D eigenvalue weighted by molar-refractivity contribution is 7.99. The van der Waals surface area contributed by atoms with E-state index in [1.54, 1.807) is 0 Å². The van der Waals surface area contributed by atoms with Crippen molar-refractivity contribution in [3.05, 3.63) is 0 Å². The molecule has 0 aromatic heterocycles. The van der Waals surface area contributed by atoms with Crippen LogP contribution in [-0.2, 0) is 4.74 Å². The van der Waals surface area contributed by atoms with Crippen molar-refractivity contribution in [2.45, 2.75) is 49.8 Å². The monoisotopic (exact) mass is 243 g/mol. The Hall–Kier alpha value is 0.270. The van der Waals surface area contributed by atoms with Crippen LogP contribution in [0.25, 0.3) is 0 Å². The minimum Gasteiger partial charge on any atom is -0.380 e. The van der Waals surface area contributed by atoms with Gasteiger partial charge in [0.1, 0.15) is 0 Å². The number of hydrogen-bond acceptors (Lipinski definition) is 3. The van der Waals surface area contributed by atoms with Crippen molar-refractivity contribution in [2.24, 2.45) is 5.92 Å². The van der Waals surface area contributed by atoms with Crippen LogP contribution < -0.4 is 5.32 Å². The molecule has 2 aliphatic rings. The molecule has 0 amide bonds. The van der Waals surface area contributed by atoms with E-state index in [4.69, 9.17) is 4.74 Å². The molecule has 2 nitrogen and oxygen atoms in total. The van der Waals surface area contributed by atoms with Crippen molar-refractivity contribution < 1.29 is 4.74 Å². The smallest absolute Gasteiger partial charge is 0.0591 e. The molecule has 3 heteroatoms. The van der Waals surface area contributed by atoms with Gasteiger partial charge in [0.05, 0.1) is 6.61 Å². The van der Waals surface area contributed by atoms with Gasteiger partial charge in [-0.1, -0.05) is 12.8 Å². The Labute approximate surface area is 104 Å². The lowest BCUT2D eigenvalue weighted by Gasteiger charge is -2.31. The van der Waals surface area contributed by atoms with Crippen LogP contribution in [0.5, 0.6) is 0 Å². The van der Waals surface area contributed by atoms with Crippen LogP contribution in [0.15, 0.2) is 0 Å². The predicted molar refractivity (Wildman–Crippen MR) is 71.1 cm³/mol. The molecule has 2 unspecified atom stereocenters. The molecule has 0 aromatic rings. The van der Waals surface area contributed by atoms with Crippen LogP contribution in [0.2, 0.25) is 0 Å². The van der Waals surface area contributed by atoms with Crippen LogP contribution in [0.1, 0.15) is 38.5 Å². The normalized spacial score (nSPS) is 30.6. The highest BCUT2D eigenvalue weighted by Crippen LogP contribution is 2.29. The molecule has 0 heterocycles. The first-order valence-electron chi connectivity index (χ1n) is 6.74. The van der Waals surface area contributed by atoms with Crippen molar-refractivity contribution in [1.82, 2.24) is 5.32 Å². The molecular weight excluding hydrogens is 218 g/mol. The first-order valence-corrected chi connectivity index (χ1v) is 8.03. The van der Waals surface area contributed by atoms with E-state index in [1.165, 1.54) is 38.5 Å². The Balaban J connectivity index is 1.52. The zero-order chi connectivity index (χ0) is 11.2. The Morgan fingerprint density at radius 3 is 2.75 bits per heavy atom.